The fourth-order valence-corrected chi connectivity index (χ4v) is 4.02. The van der Waals surface area contributed by atoms with Crippen molar-refractivity contribution in [1.82, 2.24) is 0 Å². The van der Waals surface area contributed by atoms with Crippen LogP contribution in [-0.4, -0.2) is 12.7 Å². The molecule has 0 aromatic carbocycles. The Bertz CT molecular complexity index is 366. The monoisotopic (exact) mass is 218 g/mol. The molecule has 16 heavy (non-hydrogen) atoms. The van der Waals surface area contributed by atoms with Crippen molar-refractivity contribution in [2.45, 2.75) is 52.1 Å². The molecular formula is C15H22O. The van der Waals surface area contributed by atoms with Crippen LogP contribution in [0.3, 0.4) is 0 Å². The summed E-state index contributed by atoms with van der Waals surface area (Å²) in [6.07, 6.45) is 6.83. The lowest BCUT2D eigenvalue weighted by Crippen LogP contribution is -2.41. The molecule has 1 aliphatic heterocycles. The zero-order valence-electron chi connectivity index (χ0n) is 10.5. The molecule has 1 heteroatoms. The van der Waals surface area contributed by atoms with E-state index in [0.717, 1.165) is 12.5 Å². The van der Waals surface area contributed by atoms with Crippen molar-refractivity contribution in [3.05, 3.63) is 23.3 Å². The summed E-state index contributed by atoms with van der Waals surface area (Å²) in [4.78, 5) is 0. The van der Waals surface area contributed by atoms with Crippen LogP contribution in [0.15, 0.2) is 23.3 Å². The molecule has 88 valence electrons. The van der Waals surface area contributed by atoms with E-state index in [4.69, 9.17) is 4.74 Å². The minimum Gasteiger partial charge on any atom is -0.370 e. The minimum absolute atomic E-state index is 0.437. The first-order chi connectivity index (χ1) is 7.60. The van der Waals surface area contributed by atoms with E-state index >= 15 is 0 Å². The highest BCUT2D eigenvalue weighted by Gasteiger charge is 2.47. The predicted octanol–water partition coefficient (Wildman–Crippen LogP) is 3.86. The van der Waals surface area contributed by atoms with Crippen LogP contribution < -0.4 is 0 Å². The van der Waals surface area contributed by atoms with Crippen molar-refractivity contribution in [1.29, 1.82) is 0 Å². The molecule has 2 saturated carbocycles. The second kappa shape index (κ2) is 3.46. The topological polar surface area (TPSA) is 9.23 Å². The van der Waals surface area contributed by atoms with Gasteiger partial charge in [0.15, 0.2) is 0 Å². The van der Waals surface area contributed by atoms with E-state index in [1.54, 1.807) is 5.57 Å². The van der Waals surface area contributed by atoms with Crippen LogP contribution in [0.2, 0.25) is 0 Å². The Hall–Kier alpha value is -0.560. The van der Waals surface area contributed by atoms with Crippen LogP contribution in [0.4, 0.5) is 0 Å². The highest BCUT2D eigenvalue weighted by molar-refractivity contribution is 5.29. The Morgan fingerprint density at radius 2 is 2.25 bits per heavy atom. The molecule has 0 spiro atoms. The van der Waals surface area contributed by atoms with Gasteiger partial charge in [-0.2, -0.15) is 0 Å². The molecule has 0 aromatic rings. The van der Waals surface area contributed by atoms with Gasteiger partial charge in [0.05, 0.1) is 12.7 Å². The molecule has 0 bridgehead atoms. The first-order valence-electron chi connectivity index (χ1n) is 6.58. The fraction of sp³-hybridized carbons (Fsp3) is 0.733. The third-order valence-corrected chi connectivity index (χ3v) is 5.09. The standard InChI is InChI=1S/C15H22O/c1-10-5-4-6-15(3)8-14-12(7-13(10)15)11(2)9-16-14/h13-14H,1,4-9H2,2-3H3. The van der Waals surface area contributed by atoms with Crippen molar-refractivity contribution in [3.63, 3.8) is 0 Å². The van der Waals surface area contributed by atoms with Gasteiger partial charge in [-0.1, -0.05) is 19.1 Å². The first-order valence-corrected chi connectivity index (χ1v) is 6.58. The molecule has 2 fully saturated rings. The molecule has 0 aromatic heterocycles. The van der Waals surface area contributed by atoms with Gasteiger partial charge in [0.1, 0.15) is 0 Å². The Labute approximate surface area is 98.6 Å². The second-order valence-electron chi connectivity index (χ2n) is 6.23. The van der Waals surface area contributed by atoms with Crippen molar-refractivity contribution in [2.24, 2.45) is 11.3 Å². The Kier molecular flexibility index (Phi) is 2.29. The van der Waals surface area contributed by atoms with Crippen molar-refractivity contribution in [3.8, 4) is 0 Å². The van der Waals surface area contributed by atoms with Gasteiger partial charge in [-0.25, -0.2) is 0 Å². The molecule has 3 aliphatic rings. The lowest BCUT2D eigenvalue weighted by Gasteiger charge is -2.48. The predicted molar refractivity (Wildman–Crippen MR) is 66.3 cm³/mol. The second-order valence-corrected chi connectivity index (χ2v) is 6.23. The van der Waals surface area contributed by atoms with Gasteiger partial charge in [-0.3, -0.25) is 0 Å². The SMILES string of the molecule is C=C1CCCC2(C)CC3OCC(C)=C3CC12. The number of fused-ring (bicyclic) bond motifs is 2. The highest BCUT2D eigenvalue weighted by atomic mass is 16.5. The van der Waals surface area contributed by atoms with Crippen LogP contribution in [0.25, 0.3) is 0 Å². The van der Waals surface area contributed by atoms with Crippen LogP contribution >= 0.6 is 0 Å². The quantitative estimate of drug-likeness (QED) is 0.561. The Morgan fingerprint density at radius 1 is 1.44 bits per heavy atom. The smallest absolute Gasteiger partial charge is 0.0798 e. The first kappa shape index (κ1) is 10.6. The molecule has 0 amide bonds. The average molecular weight is 218 g/mol. The molecule has 0 N–H and O–H groups in total. The maximum Gasteiger partial charge on any atom is 0.0798 e. The van der Waals surface area contributed by atoms with Crippen LogP contribution in [0.5, 0.6) is 0 Å². The maximum atomic E-state index is 5.91. The lowest BCUT2D eigenvalue weighted by atomic mass is 9.57. The molecule has 0 saturated heterocycles. The molecule has 0 radical (unpaired) electrons. The van der Waals surface area contributed by atoms with E-state index in [2.05, 4.69) is 20.4 Å². The fourth-order valence-electron chi connectivity index (χ4n) is 4.02. The average Bonchev–Trinajstić information content (AvgIpc) is 2.57. The van der Waals surface area contributed by atoms with Crippen LogP contribution in [0, 0.1) is 11.3 Å². The zero-order chi connectivity index (χ0) is 11.3. The van der Waals surface area contributed by atoms with E-state index in [1.165, 1.54) is 43.3 Å². The van der Waals surface area contributed by atoms with Gasteiger partial charge in [0.2, 0.25) is 0 Å². The molecule has 3 rings (SSSR count). The molecular weight excluding hydrogens is 196 g/mol. The summed E-state index contributed by atoms with van der Waals surface area (Å²) >= 11 is 0. The molecule has 3 unspecified atom stereocenters. The van der Waals surface area contributed by atoms with Crippen LogP contribution in [0.1, 0.15) is 46.0 Å². The van der Waals surface area contributed by atoms with Crippen molar-refractivity contribution >= 4 is 0 Å². The Balaban J connectivity index is 1.94. The van der Waals surface area contributed by atoms with Gasteiger partial charge >= 0.3 is 0 Å². The van der Waals surface area contributed by atoms with E-state index in [1.807, 2.05) is 0 Å². The van der Waals surface area contributed by atoms with Gasteiger partial charge < -0.3 is 4.74 Å². The highest BCUT2D eigenvalue weighted by Crippen LogP contribution is 2.55. The van der Waals surface area contributed by atoms with Crippen LogP contribution in [-0.2, 0) is 4.74 Å². The largest absolute Gasteiger partial charge is 0.370 e. The van der Waals surface area contributed by atoms with E-state index in [0.29, 0.717) is 11.5 Å². The summed E-state index contributed by atoms with van der Waals surface area (Å²) < 4.78 is 5.91. The van der Waals surface area contributed by atoms with E-state index in [9.17, 15) is 0 Å². The molecule has 1 heterocycles. The summed E-state index contributed by atoms with van der Waals surface area (Å²) in [7, 11) is 0. The van der Waals surface area contributed by atoms with Gasteiger partial charge in [-0.15, -0.1) is 0 Å². The summed E-state index contributed by atoms with van der Waals surface area (Å²) in [5, 5.41) is 0. The van der Waals surface area contributed by atoms with E-state index < -0.39 is 0 Å². The van der Waals surface area contributed by atoms with Crippen molar-refractivity contribution < 1.29 is 4.74 Å². The zero-order valence-corrected chi connectivity index (χ0v) is 10.5. The molecule has 1 nitrogen and oxygen atoms in total. The van der Waals surface area contributed by atoms with Gasteiger partial charge in [0.25, 0.3) is 0 Å². The number of hydrogen-bond donors (Lipinski definition) is 0. The summed E-state index contributed by atoms with van der Waals surface area (Å²) in [6, 6.07) is 0. The normalized spacial score (nSPS) is 43.2. The number of hydrogen-bond acceptors (Lipinski definition) is 1. The number of rotatable bonds is 0. The summed E-state index contributed by atoms with van der Waals surface area (Å²) in [5.41, 5.74) is 5.06. The summed E-state index contributed by atoms with van der Waals surface area (Å²) in [5.74, 6) is 0.726. The molecule has 3 atom stereocenters. The minimum atomic E-state index is 0.437. The molecule has 2 aliphatic carbocycles. The summed E-state index contributed by atoms with van der Waals surface area (Å²) in [6.45, 7) is 9.88. The number of allylic oxidation sites excluding steroid dienone is 1. The number of ether oxygens (including phenoxy) is 1. The van der Waals surface area contributed by atoms with E-state index in [-0.39, 0.29) is 0 Å². The van der Waals surface area contributed by atoms with Crippen molar-refractivity contribution in [2.75, 3.05) is 6.61 Å². The third-order valence-electron chi connectivity index (χ3n) is 5.09. The third kappa shape index (κ3) is 1.41. The Morgan fingerprint density at radius 3 is 3.06 bits per heavy atom. The van der Waals surface area contributed by atoms with Gasteiger partial charge in [0, 0.05) is 0 Å². The van der Waals surface area contributed by atoms with Gasteiger partial charge in [-0.05, 0) is 61.5 Å². The maximum absolute atomic E-state index is 5.91. The lowest BCUT2D eigenvalue weighted by molar-refractivity contribution is 0.0191.